The Kier molecular flexibility index (Phi) is 9.57. The number of H-pyrrole nitrogens is 1. The zero-order valence-corrected chi connectivity index (χ0v) is 24.4. The van der Waals surface area contributed by atoms with Gasteiger partial charge in [-0.25, -0.2) is 4.79 Å². The van der Waals surface area contributed by atoms with Gasteiger partial charge in [-0.3, -0.25) is 4.90 Å². The topological polar surface area (TPSA) is 127 Å². The van der Waals surface area contributed by atoms with E-state index in [4.69, 9.17) is 32.7 Å². The van der Waals surface area contributed by atoms with Gasteiger partial charge in [0.15, 0.2) is 0 Å². The number of benzene rings is 3. The van der Waals surface area contributed by atoms with Gasteiger partial charge in [0.2, 0.25) is 0 Å². The smallest absolute Gasteiger partial charge is 0.416 e. The Morgan fingerprint density at radius 3 is 2.31 bits per heavy atom. The molecule has 222 valence electrons. The monoisotopic (exact) mass is 613 g/mol. The maximum atomic E-state index is 13.5. The fourth-order valence-corrected chi connectivity index (χ4v) is 5.44. The van der Waals surface area contributed by atoms with Crippen LogP contribution in [0.1, 0.15) is 29.3 Å². The van der Waals surface area contributed by atoms with E-state index in [9.17, 15) is 20.1 Å². The van der Waals surface area contributed by atoms with Crippen molar-refractivity contribution in [3.8, 4) is 11.5 Å². The molecule has 11 heteroatoms. The number of amides is 1. The minimum Gasteiger partial charge on any atom is -0.494 e. The Labute approximate surface area is 253 Å². The Morgan fingerprint density at radius 1 is 0.952 bits per heavy atom. The minimum absolute atomic E-state index is 0.376. The third-order valence-corrected chi connectivity index (χ3v) is 8.02. The summed E-state index contributed by atoms with van der Waals surface area (Å²) in [5.74, 6) is 1.07. The molecule has 0 radical (unpaired) electrons. The van der Waals surface area contributed by atoms with E-state index in [1.54, 1.807) is 29.2 Å². The molecule has 0 saturated carbocycles. The van der Waals surface area contributed by atoms with Crippen molar-refractivity contribution in [1.82, 2.24) is 15.2 Å². The van der Waals surface area contributed by atoms with Crippen molar-refractivity contribution >= 4 is 40.2 Å². The zero-order valence-electron chi connectivity index (χ0n) is 22.9. The van der Waals surface area contributed by atoms with Crippen LogP contribution in [-0.4, -0.2) is 76.4 Å². The van der Waals surface area contributed by atoms with Gasteiger partial charge in [-0.15, -0.1) is 0 Å². The molecule has 2 heterocycles. The van der Waals surface area contributed by atoms with Gasteiger partial charge < -0.3 is 35.1 Å². The number of carbonyl (C=O) groups excluding carboxylic acids is 1. The number of fused-ring (bicyclic) bond motifs is 3. The maximum Gasteiger partial charge on any atom is 0.416 e. The molecule has 0 bridgehead atoms. The van der Waals surface area contributed by atoms with Gasteiger partial charge in [0, 0.05) is 33.2 Å². The lowest BCUT2D eigenvalue weighted by atomic mass is 9.92. The van der Waals surface area contributed by atoms with Crippen LogP contribution >= 0.6 is 23.2 Å². The van der Waals surface area contributed by atoms with E-state index in [1.807, 2.05) is 42.5 Å². The van der Waals surface area contributed by atoms with Crippen LogP contribution in [0, 0.1) is 0 Å². The Morgan fingerprint density at radius 2 is 1.62 bits per heavy atom. The normalized spacial score (nSPS) is 15.1. The van der Waals surface area contributed by atoms with Gasteiger partial charge in [0.1, 0.15) is 17.5 Å². The molecule has 0 saturated heterocycles. The number of aromatic nitrogens is 1. The van der Waals surface area contributed by atoms with Gasteiger partial charge in [-0.05, 0) is 85.1 Å². The van der Waals surface area contributed by atoms with E-state index in [-0.39, 0.29) is 19.8 Å². The number of carbonyl (C=O) groups is 1. The highest BCUT2D eigenvalue weighted by molar-refractivity contribution is 6.31. The highest BCUT2D eigenvalue weighted by Crippen LogP contribution is 2.40. The first kappa shape index (κ1) is 30.2. The van der Waals surface area contributed by atoms with E-state index >= 15 is 0 Å². The number of aliphatic hydroxyl groups excluding tert-OH is 3. The summed E-state index contributed by atoms with van der Waals surface area (Å²) in [5.41, 5.74) is 2.74. The largest absolute Gasteiger partial charge is 0.494 e. The summed E-state index contributed by atoms with van der Waals surface area (Å²) in [6, 6.07) is 19.6. The van der Waals surface area contributed by atoms with Crippen LogP contribution in [0.4, 0.5) is 4.79 Å². The summed E-state index contributed by atoms with van der Waals surface area (Å²) in [4.78, 5) is 18.7. The van der Waals surface area contributed by atoms with Crippen LogP contribution in [-0.2, 0) is 6.42 Å². The van der Waals surface area contributed by atoms with E-state index in [1.165, 1.54) is 0 Å². The third kappa shape index (κ3) is 6.52. The lowest BCUT2D eigenvalue weighted by molar-refractivity contribution is 0.0419. The number of aromatic amines is 1. The van der Waals surface area contributed by atoms with Crippen molar-refractivity contribution in [2.24, 2.45) is 0 Å². The number of hydrogen-bond acceptors (Lipinski definition) is 7. The molecule has 0 fully saturated rings. The molecule has 1 amide bonds. The van der Waals surface area contributed by atoms with Crippen LogP contribution in [0.3, 0.4) is 0 Å². The number of nitrogens with zero attached hydrogens (tertiary/aromatic N) is 1. The van der Waals surface area contributed by atoms with E-state index in [0.29, 0.717) is 54.1 Å². The first-order valence-corrected chi connectivity index (χ1v) is 14.5. The molecular formula is C31H33Cl2N3O6. The third-order valence-electron chi connectivity index (χ3n) is 7.54. The summed E-state index contributed by atoms with van der Waals surface area (Å²) in [5, 5.41) is 33.5. The van der Waals surface area contributed by atoms with Gasteiger partial charge in [-0.2, -0.15) is 0 Å². The lowest BCUT2D eigenvalue weighted by Gasteiger charge is -2.35. The van der Waals surface area contributed by atoms with Gasteiger partial charge in [0.25, 0.3) is 0 Å². The minimum atomic E-state index is -1.12. The molecule has 0 spiro atoms. The SMILES string of the molecule is O=C(Oc1ccc(Cl)cc1)N1CCc2c([nH]c3ccc(Cl)cc23)C1c1ccc(OCCCNC(CO)(CO)CO)cc1. The summed E-state index contributed by atoms with van der Waals surface area (Å²) in [6.45, 7) is 0.156. The average molecular weight is 615 g/mol. The second kappa shape index (κ2) is 13.3. The van der Waals surface area contributed by atoms with Crippen LogP contribution < -0.4 is 14.8 Å². The Hall–Kier alpha value is -3.31. The van der Waals surface area contributed by atoms with Crippen molar-refractivity contribution in [3.05, 3.63) is 93.6 Å². The molecule has 0 aliphatic carbocycles. The highest BCUT2D eigenvalue weighted by Gasteiger charge is 2.36. The average Bonchev–Trinajstić information content (AvgIpc) is 3.38. The van der Waals surface area contributed by atoms with Gasteiger partial charge >= 0.3 is 6.09 Å². The van der Waals surface area contributed by atoms with Crippen molar-refractivity contribution < 1.29 is 29.6 Å². The number of ether oxygens (including phenoxy) is 2. The highest BCUT2D eigenvalue weighted by atomic mass is 35.5. The predicted molar refractivity (Wildman–Crippen MR) is 162 cm³/mol. The molecule has 5 rings (SSSR count). The summed E-state index contributed by atoms with van der Waals surface area (Å²) >= 11 is 12.3. The Bertz CT molecular complexity index is 1500. The fraction of sp³-hybridized carbons (Fsp3) is 0.323. The van der Waals surface area contributed by atoms with Crippen molar-refractivity contribution in [2.75, 3.05) is 39.5 Å². The van der Waals surface area contributed by atoms with Crippen LogP contribution in [0.25, 0.3) is 10.9 Å². The van der Waals surface area contributed by atoms with E-state index < -0.39 is 17.7 Å². The Balaban J connectivity index is 1.34. The lowest BCUT2D eigenvalue weighted by Crippen LogP contribution is -2.55. The number of rotatable bonds is 11. The first-order chi connectivity index (χ1) is 20.4. The summed E-state index contributed by atoms with van der Waals surface area (Å²) < 4.78 is 11.6. The number of nitrogens with one attached hydrogen (secondary N) is 2. The molecule has 5 N–H and O–H groups in total. The van der Waals surface area contributed by atoms with Gasteiger partial charge in [-0.1, -0.05) is 35.3 Å². The predicted octanol–water partition coefficient (Wildman–Crippen LogP) is 4.70. The summed E-state index contributed by atoms with van der Waals surface area (Å²) in [6.07, 6.45) is 0.765. The number of aliphatic hydroxyl groups is 3. The molecule has 1 unspecified atom stereocenters. The zero-order chi connectivity index (χ0) is 29.7. The summed E-state index contributed by atoms with van der Waals surface area (Å²) in [7, 11) is 0. The van der Waals surface area contributed by atoms with Crippen LogP contribution in [0.15, 0.2) is 66.7 Å². The van der Waals surface area contributed by atoms with Crippen molar-refractivity contribution in [1.29, 1.82) is 0 Å². The van der Waals surface area contributed by atoms with Gasteiger partial charge in [0.05, 0.1) is 32.0 Å². The molecule has 1 aromatic heterocycles. The standard InChI is InChI=1S/C31H33Cl2N3O6/c32-21-4-9-24(10-5-21)42-30(40)36-14-12-25-26-16-22(33)6-11-27(26)35-28(25)29(36)20-2-7-23(8-3-20)41-15-1-13-34-31(17-37,18-38)19-39/h2-11,16,29,34-35,37-39H,1,12-15,17-19H2. The van der Waals surface area contributed by atoms with E-state index in [0.717, 1.165) is 27.7 Å². The molecule has 3 aromatic carbocycles. The molecule has 1 aliphatic rings. The number of hydrogen-bond donors (Lipinski definition) is 5. The van der Waals surface area contributed by atoms with Crippen LogP contribution in [0.2, 0.25) is 10.0 Å². The quantitative estimate of drug-likeness (QED) is 0.155. The maximum absolute atomic E-state index is 13.5. The molecule has 1 aliphatic heterocycles. The fourth-order valence-electron chi connectivity index (χ4n) is 5.15. The molecule has 9 nitrogen and oxygen atoms in total. The second-order valence-corrected chi connectivity index (χ2v) is 11.2. The molecular weight excluding hydrogens is 581 g/mol. The van der Waals surface area contributed by atoms with Crippen molar-refractivity contribution in [3.63, 3.8) is 0 Å². The first-order valence-electron chi connectivity index (χ1n) is 13.7. The second-order valence-electron chi connectivity index (χ2n) is 10.3. The molecule has 1 atom stereocenters. The number of halogens is 2. The molecule has 42 heavy (non-hydrogen) atoms. The molecule has 4 aromatic rings. The van der Waals surface area contributed by atoms with Crippen LogP contribution in [0.5, 0.6) is 11.5 Å². The van der Waals surface area contributed by atoms with Crippen molar-refractivity contribution in [2.45, 2.75) is 24.4 Å². The van der Waals surface area contributed by atoms with E-state index in [2.05, 4.69) is 10.3 Å².